The zero-order valence-electron chi connectivity index (χ0n) is 13.1. The summed E-state index contributed by atoms with van der Waals surface area (Å²) in [5.41, 5.74) is 0.685. The molecule has 0 radical (unpaired) electrons. The highest BCUT2D eigenvalue weighted by Gasteiger charge is 2.36. The van der Waals surface area contributed by atoms with Gasteiger partial charge in [0, 0.05) is 19.1 Å². The molecule has 7 heteroatoms. The van der Waals surface area contributed by atoms with Gasteiger partial charge in [-0.15, -0.1) is 0 Å². The minimum Gasteiger partial charge on any atom is -0.353 e. The second-order valence-corrected chi connectivity index (χ2v) is 8.33. The molecule has 126 valence electrons. The van der Waals surface area contributed by atoms with Crippen molar-refractivity contribution in [3.05, 3.63) is 29.6 Å². The number of carbonyl (C=O) groups is 1. The van der Waals surface area contributed by atoms with E-state index in [1.807, 2.05) is 0 Å². The lowest BCUT2D eigenvalue weighted by atomic mass is 9.99. The van der Waals surface area contributed by atoms with Crippen molar-refractivity contribution in [2.75, 3.05) is 13.1 Å². The normalized spacial score (nSPS) is 22.8. The third kappa shape index (κ3) is 3.55. The zero-order valence-corrected chi connectivity index (χ0v) is 13.9. The highest BCUT2D eigenvalue weighted by atomic mass is 32.2. The van der Waals surface area contributed by atoms with Gasteiger partial charge in [-0.2, -0.15) is 4.31 Å². The number of carbonyl (C=O) groups excluding carboxylic acids is 1. The second kappa shape index (κ2) is 6.20. The Balaban J connectivity index is 1.79. The van der Waals surface area contributed by atoms with Crippen molar-refractivity contribution in [3.8, 4) is 0 Å². The van der Waals surface area contributed by atoms with Crippen LogP contribution in [-0.2, 0) is 14.8 Å². The molecule has 0 aromatic heterocycles. The van der Waals surface area contributed by atoms with Gasteiger partial charge in [-0.05, 0) is 50.3 Å². The summed E-state index contributed by atoms with van der Waals surface area (Å²) in [4.78, 5) is 11.9. The van der Waals surface area contributed by atoms with Crippen LogP contribution in [0.3, 0.4) is 0 Å². The third-order valence-corrected chi connectivity index (χ3v) is 6.26. The molecule has 1 aromatic rings. The number of aryl methyl sites for hydroxylation is 1. The van der Waals surface area contributed by atoms with Crippen molar-refractivity contribution in [2.24, 2.45) is 5.92 Å². The molecule has 5 nitrogen and oxygen atoms in total. The molecule has 1 unspecified atom stereocenters. The summed E-state index contributed by atoms with van der Waals surface area (Å²) >= 11 is 0. The van der Waals surface area contributed by atoms with Crippen molar-refractivity contribution < 1.29 is 17.6 Å². The largest absolute Gasteiger partial charge is 0.353 e. The number of benzene rings is 1. The van der Waals surface area contributed by atoms with Gasteiger partial charge in [0.25, 0.3) is 0 Å². The van der Waals surface area contributed by atoms with Crippen LogP contribution in [0.5, 0.6) is 0 Å². The fourth-order valence-corrected chi connectivity index (χ4v) is 4.54. The van der Waals surface area contributed by atoms with E-state index in [1.165, 1.54) is 22.5 Å². The standard InChI is InChI=1S/C16H21FN2O3S/c1-11-4-7-14(17)15(9-11)23(21,22)19-8-2-3-12(10-19)16(20)18-13-5-6-13/h4,7,9,12-13H,2-3,5-6,8,10H2,1H3,(H,18,20). The van der Waals surface area contributed by atoms with Crippen LogP contribution in [0, 0.1) is 18.7 Å². The number of amides is 1. The molecule has 1 saturated carbocycles. The first-order valence-corrected chi connectivity index (χ1v) is 9.38. The molecular weight excluding hydrogens is 319 g/mol. The maximum absolute atomic E-state index is 14.0. The highest BCUT2D eigenvalue weighted by molar-refractivity contribution is 7.89. The van der Waals surface area contributed by atoms with Crippen LogP contribution in [0.25, 0.3) is 0 Å². The molecule has 1 saturated heterocycles. The number of sulfonamides is 1. The van der Waals surface area contributed by atoms with Crippen LogP contribution in [0.1, 0.15) is 31.2 Å². The number of halogens is 1. The van der Waals surface area contributed by atoms with Crippen LogP contribution in [-0.4, -0.2) is 37.8 Å². The monoisotopic (exact) mass is 340 g/mol. The van der Waals surface area contributed by atoms with E-state index in [1.54, 1.807) is 6.92 Å². The number of nitrogens with one attached hydrogen (secondary N) is 1. The Kier molecular flexibility index (Phi) is 4.42. The van der Waals surface area contributed by atoms with E-state index >= 15 is 0 Å². The average molecular weight is 340 g/mol. The number of nitrogens with zero attached hydrogens (tertiary/aromatic N) is 1. The summed E-state index contributed by atoms with van der Waals surface area (Å²) in [6.45, 7) is 2.16. The van der Waals surface area contributed by atoms with E-state index in [0.717, 1.165) is 12.8 Å². The van der Waals surface area contributed by atoms with Crippen LogP contribution in [0.4, 0.5) is 4.39 Å². The van der Waals surface area contributed by atoms with Gasteiger partial charge in [0.15, 0.2) is 0 Å². The molecule has 1 N–H and O–H groups in total. The summed E-state index contributed by atoms with van der Waals surface area (Å²) in [6.07, 6.45) is 3.26. The first-order valence-electron chi connectivity index (χ1n) is 7.94. The van der Waals surface area contributed by atoms with Crippen molar-refractivity contribution in [1.82, 2.24) is 9.62 Å². The second-order valence-electron chi connectivity index (χ2n) is 6.42. The zero-order chi connectivity index (χ0) is 16.6. The molecule has 23 heavy (non-hydrogen) atoms. The Hall–Kier alpha value is -1.47. The van der Waals surface area contributed by atoms with Gasteiger partial charge in [-0.3, -0.25) is 4.79 Å². The van der Waals surface area contributed by atoms with Crippen LogP contribution >= 0.6 is 0 Å². The summed E-state index contributed by atoms with van der Waals surface area (Å²) in [7, 11) is -3.92. The van der Waals surface area contributed by atoms with Crippen molar-refractivity contribution in [2.45, 2.75) is 43.5 Å². The first kappa shape index (κ1) is 16.4. The van der Waals surface area contributed by atoms with E-state index < -0.39 is 15.8 Å². The molecule has 1 aliphatic carbocycles. The summed E-state index contributed by atoms with van der Waals surface area (Å²) in [5.74, 6) is -1.19. The van der Waals surface area contributed by atoms with E-state index in [0.29, 0.717) is 24.9 Å². The molecule has 1 atom stereocenters. The quantitative estimate of drug-likeness (QED) is 0.909. The topological polar surface area (TPSA) is 66.5 Å². The average Bonchev–Trinajstić information content (AvgIpc) is 3.33. The number of rotatable bonds is 4. The summed E-state index contributed by atoms with van der Waals surface area (Å²) in [5, 5.41) is 2.92. The van der Waals surface area contributed by atoms with E-state index in [9.17, 15) is 17.6 Å². The highest BCUT2D eigenvalue weighted by Crippen LogP contribution is 2.27. The lowest BCUT2D eigenvalue weighted by molar-refractivity contribution is -0.126. The Labute approximate surface area is 135 Å². The summed E-state index contributed by atoms with van der Waals surface area (Å²) < 4.78 is 40.6. The van der Waals surface area contributed by atoms with E-state index in [-0.39, 0.29) is 29.3 Å². The first-order chi connectivity index (χ1) is 10.9. The number of piperidine rings is 1. The van der Waals surface area contributed by atoms with Crippen molar-refractivity contribution in [3.63, 3.8) is 0 Å². The van der Waals surface area contributed by atoms with Gasteiger partial charge in [-0.1, -0.05) is 6.07 Å². The smallest absolute Gasteiger partial charge is 0.246 e. The molecule has 1 amide bonds. The Morgan fingerprint density at radius 2 is 2.04 bits per heavy atom. The minimum atomic E-state index is -3.92. The van der Waals surface area contributed by atoms with E-state index in [4.69, 9.17) is 0 Å². The third-order valence-electron chi connectivity index (χ3n) is 4.38. The fourth-order valence-electron chi connectivity index (χ4n) is 2.87. The van der Waals surface area contributed by atoms with Crippen LogP contribution < -0.4 is 5.32 Å². The van der Waals surface area contributed by atoms with Gasteiger partial charge < -0.3 is 5.32 Å². The van der Waals surface area contributed by atoms with Crippen molar-refractivity contribution in [1.29, 1.82) is 0 Å². The predicted octanol–water partition coefficient (Wildman–Crippen LogP) is 1.81. The van der Waals surface area contributed by atoms with Crippen LogP contribution in [0.2, 0.25) is 0 Å². The molecule has 1 aromatic carbocycles. The SMILES string of the molecule is Cc1ccc(F)c(S(=O)(=O)N2CCCC(C(=O)NC3CC3)C2)c1. The Morgan fingerprint density at radius 1 is 1.30 bits per heavy atom. The van der Waals surface area contributed by atoms with E-state index in [2.05, 4.69) is 5.32 Å². The van der Waals surface area contributed by atoms with Gasteiger partial charge in [0.2, 0.25) is 15.9 Å². The maximum Gasteiger partial charge on any atom is 0.246 e. The minimum absolute atomic E-state index is 0.0860. The fraction of sp³-hybridized carbons (Fsp3) is 0.562. The van der Waals surface area contributed by atoms with Gasteiger partial charge >= 0.3 is 0 Å². The lowest BCUT2D eigenvalue weighted by Gasteiger charge is -2.31. The van der Waals surface area contributed by atoms with Gasteiger partial charge in [-0.25, -0.2) is 12.8 Å². The Bertz CT molecular complexity index is 716. The van der Waals surface area contributed by atoms with Gasteiger partial charge in [0.05, 0.1) is 5.92 Å². The number of hydrogen-bond donors (Lipinski definition) is 1. The molecule has 3 rings (SSSR count). The molecular formula is C16H21FN2O3S. The molecule has 2 fully saturated rings. The molecule has 1 aliphatic heterocycles. The van der Waals surface area contributed by atoms with Crippen LogP contribution in [0.15, 0.2) is 23.1 Å². The summed E-state index contributed by atoms with van der Waals surface area (Å²) in [6, 6.07) is 4.31. The maximum atomic E-state index is 14.0. The molecule has 0 bridgehead atoms. The Morgan fingerprint density at radius 3 is 2.74 bits per heavy atom. The molecule has 1 heterocycles. The van der Waals surface area contributed by atoms with Crippen molar-refractivity contribution >= 4 is 15.9 Å². The molecule has 2 aliphatic rings. The number of hydrogen-bond acceptors (Lipinski definition) is 3. The molecule has 0 spiro atoms. The van der Waals surface area contributed by atoms with Gasteiger partial charge in [0.1, 0.15) is 10.7 Å². The predicted molar refractivity (Wildman–Crippen MR) is 83.8 cm³/mol. The lowest BCUT2D eigenvalue weighted by Crippen LogP contribution is -2.46.